The Morgan fingerprint density at radius 3 is 2.82 bits per heavy atom. The molecule has 0 aromatic carbocycles. The molecular weight excluding hydrogens is 442 g/mol. The van der Waals surface area contributed by atoms with E-state index in [-0.39, 0.29) is 34.8 Å². The van der Waals surface area contributed by atoms with Crippen molar-refractivity contribution in [2.45, 2.75) is 19.8 Å². The third kappa shape index (κ3) is 3.87. The van der Waals surface area contributed by atoms with Crippen molar-refractivity contribution >= 4 is 39.5 Å². The highest BCUT2D eigenvalue weighted by atomic mass is 19.3. The molecule has 0 radical (unpaired) electrons. The number of fused-ring (bicyclic) bond motifs is 2. The summed E-state index contributed by atoms with van der Waals surface area (Å²) in [6.07, 6.45) is 0.804. The first-order chi connectivity index (χ1) is 17.5. The van der Waals surface area contributed by atoms with Gasteiger partial charge in [0.2, 0.25) is 5.91 Å². The average Bonchev–Trinajstić information content (AvgIpc) is 3.48. The number of aryl methyl sites for hydroxylation is 1. The van der Waals surface area contributed by atoms with Crippen LogP contribution < -0.4 is 10.6 Å². The van der Waals surface area contributed by atoms with Gasteiger partial charge in [0.15, 0.2) is 17.5 Å². The number of nitrogens with zero attached hydrogens (tertiary/aromatic N) is 6. The number of rotatable bonds is 4. The first kappa shape index (κ1) is 18.3. The van der Waals surface area contributed by atoms with Crippen LogP contribution in [0.3, 0.4) is 0 Å². The second kappa shape index (κ2) is 8.30. The van der Waals surface area contributed by atoms with Crippen LogP contribution in [0, 0.1) is 23.7 Å². The van der Waals surface area contributed by atoms with Crippen molar-refractivity contribution in [1.82, 2.24) is 29.7 Å². The van der Waals surface area contributed by atoms with Gasteiger partial charge in [-0.2, -0.15) is 0 Å². The van der Waals surface area contributed by atoms with E-state index in [1.165, 1.54) is 24.0 Å². The Kier molecular flexibility index (Phi) is 4.45. The number of anilines is 2. The molecule has 1 amide bonds. The highest BCUT2D eigenvalue weighted by Crippen LogP contribution is 2.38. The second-order valence-corrected chi connectivity index (χ2v) is 8.08. The van der Waals surface area contributed by atoms with Gasteiger partial charge in [0.1, 0.15) is 16.7 Å². The summed E-state index contributed by atoms with van der Waals surface area (Å²) in [7, 11) is 1.49. The number of alkyl halides is 2. The van der Waals surface area contributed by atoms with Gasteiger partial charge in [0.25, 0.3) is 6.43 Å². The molecule has 1 fully saturated rings. The first-order valence-corrected chi connectivity index (χ1v) is 10.4. The molecule has 172 valence electrons. The summed E-state index contributed by atoms with van der Waals surface area (Å²) in [5, 5.41) is 13.6. The van der Waals surface area contributed by atoms with E-state index in [0.717, 1.165) is 6.42 Å². The Labute approximate surface area is 197 Å². The van der Waals surface area contributed by atoms with Crippen LogP contribution in [-0.2, 0) is 11.8 Å². The monoisotopic (exact) mass is 465 g/mol. The molecule has 4 heterocycles. The summed E-state index contributed by atoms with van der Waals surface area (Å²) < 4.78 is 50.1. The number of imidazole rings is 1. The van der Waals surface area contributed by atoms with E-state index in [1.54, 1.807) is 12.1 Å². The molecule has 4 aromatic rings. The third-order valence-corrected chi connectivity index (χ3v) is 5.77. The van der Waals surface area contributed by atoms with Gasteiger partial charge >= 0.3 is 0 Å². The van der Waals surface area contributed by atoms with E-state index in [1.807, 2.05) is 6.92 Å². The number of amides is 1. The molecule has 4 aromatic heterocycles. The lowest BCUT2D eigenvalue weighted by atomic mass is 10.1. The predicted molar refractivity (Wildman–Crippen MR) is 122 cm³/mol. The van der Waals surface area contributed by atoms with Crippen molar-refractivity contribution < 1.29 is 17.7 Å². The maximum Gasteiger partial charge on any atom is 0.295 e. The minimum atomic E-state index is -2.73. The number of hydrogen-bond acceptors (Lipinski definition) is 7. The summed E-state index contributed by atoms with van der Waals surface area (Å²) in [6.45, 7) is -0.545. The molecule has 2 atom stereocenters. The van der Waals surface area contributed by atoms with Crippen LogP contribution in [0.4, 0.5) is 20.4 Å². The number of hydrogen-bond donors (Lipinski definition) is 2. The summed E-state index contributed by atoms with van der Waals surface area (Å²) in [4.78, 5) is 24.6. The van der Waals surface area contributed by atoms with Crippen LogP contribution in [0.5, 0.6) is 0 Å². The summed E-state index contributed by atoms with van der Waals surface area (Å²) in [5.74, 6) is 5.66. The van der Waals surface area contributed by atoms with Crippen LogP contribution in [0.1, 0.15) is 41.0 Å². The van der Waals surface area contributed by atoms with Gasteiger partial charge < -0.3 is 15.2 Å². The minimum absolute atomic E-state index is 0.0179. The van der Waals surface area contributed by atoms with E-state index in [9.17, 15) is 13.6 Å². The summed E-state index contributed by atoms with van der Waals surface area (Å²) in [6, 6.07) is 3.10. The second-order valence-electron chi connectivity index (χ2n) is 8.08. The number of aromatic nitrogens is 6. The fourth-order valence-corrected chi connectivity index (χ4v) is 3.70. The molecule has 34 heavy (non-hydrogen) atoms. The normalized spacial score (nSPS) is 18.7. The maximum atomic E-state index is 13.2. The van der Waals surface area contributed by atoms with Crippen molar-refractivity contribution in [2.75, 3.05) is 17.6 Å². The van der Waals surface area contributed by atoms with Gasteiger partial charge in [-0.25, -0.2) is 23.7 Å². The predicted octanol–water partition coefficient (Wildman–Crippen LogP) is 3.28. The lowest BCUT2D eigenvalue weighted by Gasteiger charge is -2.08. The molecule has 11 heteroatoms. The van der Waals surface area contributed by atoms with Crippen molar-refractivity contribution in [3.63, 3.8) is 0 Å². The Balaban J connectivity index is 1.55. The van der Waals surface area contributed by atoms with Crippen LogP contribution in [-0.4, -0.2) is 42.6 Å². The minimum Gasteiger partial charge on any atom is -0.371 e. The molecule has 1 saturated carbocycles. The zero-order valence-electron chi connectivity index (χ0n) is 21.1. The van der Waals surface area contributed by atoms with Crippen molar-refractivity contribution in [3.05, 3.63) is 41.6 Å². The summed E-state index contributed by atoms with van der Waals surface area (Å²) >= 11 is 0. The largest absolute Gasteiger partial charge is 0.371 e. The first-order valence-electron chi connectivity index (χ1n) is 11.9. The number of halogens is 2. The zero-order chi connectivity index (χ0) is 26.5. The van der Waals surface area contributed by atoms with Crippen LogP contribution in [0.2, 0.25) is 0 Å². The topological polar surface area (TPSA) is 111 Å². The zero-order valence-corrected chi connectivity index (χ0v) is 18.1. The molecule has 2 N–H and O–H groups in total. The highest BCUT2D eigenvalue weighted by Gasteiger charge is 2.39. The maximum absolute atomic E-state index is 13.2. The quantitative estimate of drug-likeness (QED) is 0.445. The SMILES string of the molecule is [2H]C([2H])([2H])Nc1ncc(C#Cc2cc3c(cn2)nc(C(F)F)n3C)c2cc(NC(=O)[C@H]3C[C@H]3C)nnc12. The molecule has 1 aliphatic carbocycles. The number of carbonyl (C=O) groups excluding carboxylic acids is 1. The average molecular weight is 465 g/mol. The van der Waals surface area contributed by atoms with Crippen molar-refractivity contribution in [1.29, 1.82) is 0 Å². The molecule has 1 aliphatic rings. The van der Waals surface area contributed by atoms with E-state index in [4.69, 9.17) is 4.11 Å². The molecule has 0 spiro atoms. The molecular formula is C23H20F2N8O. The summed E-state index contributed by atoms with van der Waals surface area (Å²) in [5.41, 5.74) is 1.58. The standard InChI is InChI=1S/C23H20F2N8O/c1-11-6-14(11)23(34)30-18-8-15-12(9-28-21(26-2)19(15)32-31-18)4-5-13-7-17-16(10-27-13)29-22(20(24)25)33(17)3/h7-11,14,20H,6H2,1-3H3,(H,26,28)(H,30,31,34)/t11-,14+/m1/s1/i2D3. The van der Waals surface area contributed by atoms with Gasteiger partial charge in [-0.05, 0) is 30.4 Å². The van der Waals surface area contributed by atoms with Crippen LogP contribution in [0.15, 0.2) is 24.5 Å². The fourth-order valence-electron chi connectivity index (χ4n) is 3.70. The number of nitrogens with one attached hydrogen (secondary N) is 2. The molecule has 0 aliphatic heterocycles. The Bertz CT molecular complexity index is 1610. The van der Waals surface area contributed by atoms with Crippen molar-refractivity contribution in [3.8, 4) is 11.8 Å². The van der Waals surface area contributed by atoms with E-state index in [0.29, 0.717) is 33.6 Å². The van der Waals surface area contributed by atoms with E-state index in [2.05, 4.69) is 47.6 Å². The molecule has 0 unspecified atom stereocenters. The molecule has 0 bridgehead atoms. The van der Waals surface area contributed by atoms with Gasteiger partial charge in [0.05, 0.1) is 17.3 Å². The Morgan fingerprint density at radius 2 is 2.09 bits per heavy atom. The Morgan fingerprint density at radius 1 is 1.26 bits per heavy atom. The van der Waals surface area contributed by atoms with Crippen LogP contribution >= 0.6 is 0 Å². The highest BCUT2D eigenvalue weighted by molar-refractivity contribution is 5.97. The molecule has 9 nitrogen and oxygen atoms in total. The van der Waals surface area contributed by atoms with Gasteiger partial charge in [0, 0.05) is 35.6 Å². The van der Waals surface area contributed by atoms with Crippen LogP contribution in [0.25, 0.3) is 21.9 Å². The van der Waals surface area contributed by atoms with Gasteiger partial charge in [-0.1, -0.05) is 12.8 Å². The Hall–Kier alpha value is -4.20. The fraction of sp³-hybridized carbons (Fsp3) is 0.304. The smallest absolute Gasteiger partial charge is 0.295 e. The van der Waals surface area contributed by atoms with Crippen molar-refractivity contribution in [2.24, 2.45) is 18.9 Å². The number of pyridine rings is 2. The van der Waals surface area contributed by atoms with Gasteiger partial charge in [-0.15, -0.1) is 10.2 Å². The molecule has 5 rings (SSSR count). The third-order valence-electron chi connectivity index (χ3n) is 5.77. The lowest BCUT2D eigenvalue weighted by molar-refractivity contribution is -0.117. The lowest BCUT2D eigenvalue weighted by Crippen LogP contribution is -2.16. The van der Waals surface area contributed by atoms with Gasteiger partial charge in [-0.3, -0.25) is 4.79 Å². The van der Waals surface area contributed by atoms with E-state index < -0.39 is 13.4 Å². The van der Waals surface area contributed by atoms with E-state index >= 15 is 0 Å². The molecule has 0 saturated heterocycles. The number of carbonyl (C=O) groups is 1.